The molecule has 3 heterocycles. The lowest BCUT2D eigenvalue weighted by Crippen LogP contribution is -2.49. The van der Waals surface area contributed by atoms with E-state index in [-0.39, 0.29) is 30.3 Å². The maximum atomic E-state index is 11.7. The van der Waals surface area contributed by atoms with Crippen molar-refractivity contribution in [3.63, 3.8) is 0 Å². The van der Waals surface area contributed by atoms with Gasteiger partial charge in [0.25, 0.3) is 0 Å². The normalized spacial score (nSPS) is 23.0. The molecule has 0 aliphatic carbocycles. The molecule has 2 amide bonds. The summed E-state index contributed by atoms with van der Waals surface area (Å²) >= 11 is 0. The third-order valence-corrected chi connectivity index (χ3v) is 4.28. The number of likely N-dealkylation sites (tertiary alicyclic amines) is 1. The molecular weight excluding hydrogens is 306 g/mol. The van der Waals surface area contributed by atoms with E-state index in [4.69, 9.17) is 0 Å². The summed E-state index contributed by atoms with van der Waals surface area (Å²) in [6.07, 6.45) is 4.47. The Morgan fingerprint density at radius 1 is 1.27 bits per heavy atom. The van der Waals surface area contributed by atoms with Crippen molar-refractivity contribution in [1.82, 2.24) is 24.7 Å². The molecule has 22 heavy (non-hydrogen) atoms. The van der Waals surface area contributed by atoms with Gasteiger partial charge in [-0.05, 0) is 0 Å². The summed E-state index contributed by atoms with van der Waals surface area (Å²) in [5.74, 6) is 0.939. The fraction of sp³-hybridized carbons (Fsp3) is 0.643. The molecule has 1 aromatic rings. The first-order valence-electron chi connectivity index (χ1n) is 7.42. The number of nitrogens with zero attached hydrogens (tertiary/aromatic N) is 4. The highest BCUT2D eigenvalue weighted by Gasteiger charge is 2.31. The number of carbonyl (C=O) groups is 2. The Morgan fingerprint density at radius 3 is 2.64 bits per heavy atom. The second-order valence-corrected chi connectivity index (χ2v) is 5.59. The van der Waals surface area contributed by atoms with Gasteiger partial charge in [0.2, 0.25) is 11.8 Å². The van der Waals surface area contributed by atoms with E-state index in [9.17, 15) is 9.59 Å². The standard InChI is InChI=1S/C14H21N5O2.ClH/c1-17-6-5-16-14(17)11-10-15-4-7-18(11)8-9-19-12(20)2-3-13(19)21;/h5-6,11,15H,2-4,7-10H2,1H3;1H. The first kappa shape index (κ1) is 16.9. The van der Waals surface area contributed by atoms with E-state index in [1.165, 1.54) is 4.90 Å². The van der Waals surface area contributed by atoms with Gasteiger partial charge in [0.15, 0.2) is 0 Å². The number of aryl methyl sites for hydroxylation is 1. The van der Waals surface area contributed by atoms with Crippen LogP contribution in [0, 0.1) is 0 Å². The van der Waals surface area contributed by atoms with E-state index in [1.807, 2.05) is 17.8 Å². The van der Waals surface area contributed by atoms with Crippen LogP contribution in [0.25, 0.3) is 0 Å². The highest BCUT2D eigenvalue weighted by molar-refractivity contribution is 6.01. The molecule has 7 nitrogen and oxygen atoms in total. The van der Waals surface area contributed by atoms with Crippen LogP contribution >= 0.6 is 12.4 Å². The molecule has 2 fully saturated rings. The van der Waals surface area contributed by atoms with Crippen LogP contribution in [-0.4, -0.2) is 63.9 Å². The molecule has 8 heteroatoms. The first-order valence-corrected chi connectivity index (χ1v) is 7.42. The van der Waals surface area contributed by atoms with Crippen LogP contribution in [0.4, 0.5) is 0 Å². The molecule has 1 N–H and O–H groups in total. The van der Waals surface area contributed by atoms with Gasteiger partial charge in [0, 0.05) is 65.0 Å². The number of carbonyl (C=O) groups excluding carboxylic acids is 2. The van der Waals surface area contributed by atoms with Gasteiger partial charge >= 0.3 is 0 Å². The zero-order valence-corrected chi connectivity index (χ0v) is 13.5. The van der Waals surface area contributed by atoms with Crippen molar-refractivity contribution in [2.24, 2.45) is 7.05 Å². The van der Waals surface area contributed by atoms with E-state index < -0.39 is 0 Å². The topological polar surface area (TPSA) is 70.5 Å². The Kier molecular flexibility index (Phi) is 5.55. The van der Waals surface area contributed by atoms with Crippen molar-refractivity contribution in [2.75, 3.05) is 32.7 Å². The van der Waals surface area contributed by atoms with Crippen molar-refractivity contribution in [3.8, 4) is 0 Å². The zero-order chi connectivity index (χ0) is 14.8. The van der Waals surface area contributed by atoms with Crippen molar-refractivity contribution >= 4 is 24.2 Å². The van der Waals surface area contributed by atoms with Gasteiger partial charge in [0.1, 0.15) is 5.82 Å². The van der Waals surface area contributed by atoms with Gasteiger partial charge < -0.3 is 9.88 Å². The molecule has 0 aromatic carbocycles. The number of imidazole rings is 1. The second kappa shape index (κ2) is 7.21. The average molecular weight is 328 g/mol. The number of piperazine rings is 1. The molecule has 122 valence electrons. The summed E-state index contributed by atoms with van der Waals surface area (Å²) in [7, 11) is 1.99. The predicted molar refractivity (Wildman–Crippen MR) is 83.6 cm³/mol. The first-order chi connectivity index (χ1) is 10.2. The highest BCUT2D eigenvalue weighted by atomic mass is 35.5. The Labute approximate surface area is 136 Å². The molecule has 3 rings (SSSR count). The summed E-state index contributed by atoms with van der Waals surface area (Å²) in [6.45, 7) is 3.85. The van der Waals surface area contributed by atoms with Crippen LogP contribution < -0.4 is 5.32 Å². The number of halogens is 1. The molecule has 2 saturated heterocycles. The van der Waals surface area contributed by atoms with Crippen LogP contribution in [0.1, 0.15) is 24.7 Å². The monoisotopic (exact) mass is 327 g/mol. The van der Waals surface area contributed by atoms with Crippen molar-refractivity contribution < 1.29 is 9.59 Å². The molecule has 0 saturated carbocycles. The number of hydrogen-bond donors (Lipinski definition) is 1. The van der Waals surface area contributed by atoms with Crippen LogP contribution in [-0.2, 0) is 16.6 Å². The molecule has 0 bridgehead atoms. The Bertz CT molecular complexity index is 531. The fourth-order valence-corrected chi connectivity index (χ4v) is 3.07. The quantitative estimate of drug-likeness (QED) is 0.784. The van der Waals surface area contributed by atoms with Gasteiger partial charge in [-0.15, -0.1) is 12.4 Å². The van der Waals surface area contributed by atoms with Crippen LogP contribution in [0.3, 0.4) is 0 Å². The fourth-order valence-electron chi connectivity index (χ4n) is 3.07. The van der Waals surface area contributed by atoms with Gasteiger partial charge in [-0.2, -0.15) is 0 Å². The third-order valence-electron chi connectivity index (χ3n) is 4.28. The molecule has 1 unspecified atom stereocenters. The highest BCUT2D eigenvalue weighted by Crippen LogP contribution is 2.20. The summed E-state index contributed by atoms with van der Waals surface area (Å²) in [5, 5.41) is 3.38. The van der Waals surface area contributed by atoms with Gasteiger partial charge in [0.05, 0.1) is 6.04 Å². The number of nitrogens with one attached hydrogen (secondary N) is 1. The zero-order valence-electron chi connectivity index (χ0n) is 12.7. The minimum atomic E-state index is -0.0383. The predicted octanol–water partition coefficient (Wildman–Crippen LogP) is -0.0628. The lowest BCUT2D eigenvalue weighted by atomic mass is 10.1. The average Bonchev–Trinajstić information content (AvgIpc) is 3.04. The largest absolute Gasteiger partial charge is 0.337 e. The molecule has 2 aliphatic heterocycles. The van der Waals surface area contributed by atoms with Crippen molar-refractivity contribution in [3.05, 3.63) is 18.2 Å². The van der Waals surface area contributed by atoms with E-state index >= 15 is 0 Å². The number of imide groups is 1. The number of aromatic nitrogens is 2. The number of hydrogen-bond acceptors (Lipinski definition) is 5. The number of amides is 2. The second-order valence-electron chi connectivity index (χ2n) is 5.59. The Hall–Kier alpha value is -1.44. The summed E-state index contributed by atoms with van der Waals surface area (Å²) in [5.41, 5.74) is 0. The summed E-state index contributed by atoms with van der Waals surface area (Å²) in [6, 6.07) is 0.187. The summed E-state index contributed by atoms with van der Waals surface area (Å²) in [4.78, 5) is 31.5. The lowest BCUT2D eigenvalue weighted by molar-refractivity contribution is -0.138. The van der Waals surface area contributed by atoms with Gasteiger partial charge in [-0.25, -0.2) is 4.98 Å². The van der Waals surface area contributed by atoms with Gasteiger partial charge in [-0.3, -0.25) is 19.4 Å². The Morgan fingerprint density at radius 2 is 2.00 bits per heavy atom. The van der Waals surface area contributed by atoms with E-state index in [2.05, 4.69) is 15.2 Å². The minimum Gasteiger partial charge on any atom is -0.337 e. The van der Waals surface area contributed by atoms with Crippen LogP contribution in [0.2, 0.25) is 0 Å². The number of rotatable bonds is 4. The smallest absolute Gasteiger partial charge is 0.229 e. The molecular formula is C14H22ClN5O2. The van der Waals surface area contributed by atoms with Crippen molar-refractivity contribution in [1.29, 1.82) is 0 Å². The minimum absolute atomic E-state index is 0. The van der Waals surface area contributed by atoms with E-state index in [1.54, 1.807) is 6.20 Å². The van der Waals surface area contributed by atoms with Gasteiger partial charge in [-0.1, -0.05) is 0 Å². The van der Waals surface area contributed by atoms with E-state index in [0.717, 1.165) is 25.5 Å². The maximum absolute atomic E-state index is 11.7. The Balaban J connectivity index is 0.00000176. The molecule has 0 radical (unpaired) electrons. The third kappa shape index (κ3) is 3.31. The SMILES string of the molecule is Cl.Cn1ccnc1C1CNCCN1CCN1C(=O)CCC1=O. The molecule has 2 aliphatic rings. The van der Waals surface area contributed by atoms with Crippen LogP contribution in [0.15, 0.2) is 12.4 Å². The molecule has 1 atom stereocenters. The molecule has 1 aromatic heterocycles. The lowest BCUT2D eigenvalue weighted by Gasteiger charge is -2.36. The van der Waals surface area contributed by atoms with Crippen LogP contribution in [0.5, 0.6) is 0 Å². The maximum Gasteiger partial charge on any atom is 0.229 e. The van der Waals surface area contributed by atoms with E-state index in [0.29, 0.717) is 25.9 Å². The summed E-state index contributed by atoms with van der Waals surface area (Å²) < 4.78 is 2.02. The molecule has 0 spiro atoms. The van der Waals surface area contributed by atoms with Crippen molar-refractivity contribution in [2.45, 2.75) is 18.9 Å².